The lowest BCUT2D eigenvalue weighted by Crippen LogP contribution is -2.74. The average molecular weight is 869 g/mol. The zero-order chi connectivity index (χ0) is 45.4. The molecule has 1 saturated carbocycles. The highest BCUT2D eigenvalue weighted by Crippen LogP contribution is 2.55. The fourth-order valence-corrected chi connectivity index (χ4v) is 8.71. The predicted molar refractivity (Wildman–Crippen MR) is 232 cm³/mol. The van der Waals surface area contributed by atoms with Crippen molar-refractivity contribution in [1.29, 1.82) is 10.5 Å². The quantitative estimate of drug-likeness (QED) is 0.122. The summed E-state index contributed by atoms with van der Waals surface area (Å²) < 4.78 is 17.8. The van der Waals surface area contributed by atoms with Gasteiger partial charge in [-0.15, -0.1) is 0 Å². The van der Waals surface area contributed by atoms with Gasteiger partial charge in [-0.25, -0.2) is 0 Å². The number of nitrogens with zero attached hydrogens (tertiary/aromatic N) is 3. The number of halogens is 1. The number of rotatable bonds is 17. The minimum absolute atomic E-state index is 0.0389. The summed E-state index contributed by atoms with van der Waals surface area (Å²) in [5.74, 6) is -0.403. The van der Waals surface area contributed by atoms with E-state index >= 15 is 0 Å². The number of carbonyl (C=O) groups excluding carboxylic acids is 4. The molecule has 0 aromatic heterocycles. The van der Waals surface area contributed by atoms with Crippen LogP contribution in [-0.2, 0) is 25.7 Å². The maximum Gasteiger partial charge on any atom is 0.251 e. The molecule has 0 radical (unpaired) electrons. The fraction of sp³-hybridized carbons (Fsp3) is 0.489. The van der Waals surface area contributed by atoms with Gasteiger partial charge in [-0.3, -0.25) is 19.2 Å². The van der Waals surface area contributed by atoms with E-state index in [2.05, 4.69) is 22.0 Å². The molecule has 330 valence electrons. The van der Waals surface area contributed by atoms with E-state index in [1.165, 1.54) is 4.90 Å². The van der Waals surface area contributed by atoms with Crippen LogP contribution < -0.4 is 25.4 Å². The molecule has 0 bridgehead atoms. The zero-order valence-electron chi connectivity index (χ0n) is 36.4. The summed E-state index contributed by atoms with van der Waals surface area (Å²) in [6.07, 6.45) is 0.206. The van der Waals surface area contributed by atoms with Gasteiger partial charge in [0.1, 0.15) is 42.4 Å². The molecule has 62 heavy (non-hydrogen) atoms. The standard InChI is InChI=1S/C47H57ClN6O8/c1-45(2,3)39(42(59)54-27-33(55)22-37(54)41(58)51-26-30-12-10-29(24-49)11-13-30)52-38(56)28-60-20-8-9-21-61-34-17-14-31(15-18-34)40(57)53-43-46(4,5)44(47(43,6)7)62-35-19-16-32(25-50)36(48)23-35/h10-19,23,33,37,39,43-44,55H,8-9,20-22,26-28H2,1-7H3,(H,51,58)(H,52,56)(H,53,57)/t33-,37+,39-,43?,44?/m1/s1. The molecule has 0 unspecified atom stereocenters. The first kappa shape index (κ1) is 47.4. The largest absolute Gasteiger partial charge is 0.494 e. The zero-order valence-corrected chi connectivity index (χ0v) is 37.2. The molecule has 1 saturated heterocycles. The van der Waals surface area contributed by atoms with Gasteiger partial charge < -0.3 is 40.2 Å². The first-order chi connectivity index (χ1) is 29.3. The number of unbranched alkanes of at least 4 members (excludes halogenated alkanes) is 1. The van der Waals surface area contributed by atoms with E-state index in [-0.39, 0.29) is 50.8 Å². The molecule has 14 nitrogen and oxygen atoms in total. The SMILES string of the molecule is CC1(C)C(NC(=O)c2ccc(OCCCCOCC(=O)N[C@H](C(=O)N3C[C@H](O)C[C@H]3C(=O)NCc3ccc(C#N)cc3)C(C)(C)C)cc2)C(C)(C)C1Oc1ccc(C#N)c(Cl)c1. The Kier molecular flexibility index (Phi) is 15.3. The van der Waals surface area contributed by atoms with Crippen LogP contribution in [0.3, 0.4) is 0 Å². The molecule has 1 heterocycles. The van der Waals surface area contributed by atoms with Crippen molar-refractivity contribution in [2.45, 2.75) is 105 Å². The van der Waals surface area contributed by atoms with Crippen molar-refractivity contribution in [1.82, 2.24) is 20.9 Å². The Bertz CT molecular complexity index is 2160. The minimum atomic E-state index is -0.978. The van der Waals surface area contributed by atoms with E-state index in [4.69, 9.17) is 31.1 Å². The molecular formula is C47H57ClN6O8. The van der Waals surface area contributed by atoms with E-state index in [9.17, 15) is 29.5 Å². The molecule has 2 fully saturated rings. The van der Waals surface area contributed by atoms with E-state index in [0.29, 0.717) is 52.7 Å². The number of ether oxygens (including phenoxy) is 3. The number of amides is 4. The van der Waals surface area contributed by atoms with E-state index in [1.807, 2.05) is 54.5 Å². The summed E-state index contributed by atoms with van der Waals surface area (Å²) in [4.78, 5) is 54.7. The Morgan fingerprint density at radius 1 is 0.919 bits per heavy atom. The van der Waals surface area contributed by atoms with Gasteiger partial charge in [-0.2, -0.15) is 10.5 Å². The number of carbonyl (C=O) groups is 4. The van der Waals surface area contributed by atoms with Crippen LogP contribution in [0.1, 0.15) is 94.8 Å². The Balaban J connectivity index is 1.01. The van der Waals surface area contributed by atoms with E-state index in [0.717, 1.165) is 5.56 Å². The van der Waals surface area contributed by atoms with Crippen molar-refractivity contribution in [3.8, 4) is 23.6 Å². The van der Waals surface area contributed by atoms with Crippen LogP contribution in [0.15, 0.2) is 66.7 Å². The highest BCUT2D eigenvalue weighted by molar-refractivity contribution is 6.31. The number of aliphatic hydroxyl groups excluding tert-OH is 1. The third-order valence-corrected chi connectivity index (χ3v) is 11.9. The molecule has 2 aliphatic rings. The molecule has 4 N–H and O–H groups in total. The van der Waals surface area contributed by atoms with Crippen molar-refractivity contribution in [3.63, 3.8) is 0 Å². The summed E-state index contributed by atoms with van der Waals surface area (Å²) in [5.41, 5.74) is 0.644. The smallest absolute Gasteiger partial charge is 0.251 e. The van der Waals surface area contributed by atoms with Gasteiger partial charge in [-0.1, -0.05) is 72.2 Å². The summed E-state index contributed by atoms with van der Waals surface area (Å²) >= 11 is 6.22. The van der Waals surface area contributed by atoms with Crippen molar-refractivity contribution in [2.75, 3.05) is 26.4 Å². The molecule has 1 aliphatic heterocycles. The molecule has 4 amide bonds. The Morgan fingerprint density at radius 2 is 1.56 bits per heavy atom. The Hall–Kier alpha value is -5.67. The normalized spacial score (nSPS) is 20.4. The highest BCUT2D eigenvalue weighted by atomic mass is 35.5. The van der Waals surface area contributed by atoms with Gasteiger partial charge in [0.2, 0.25) is 17.7 Å². The summed E-state index contributed by atoms with van der Waals surface area (Å²) in [7, 11) is 0. The number of benzene rings is 3. The summed E-state index contributed by atoms with van der Waals surface area (Å²) in [6.45, 7) is 14.2. The molecule has 3 aromatic rings. The van der Waals surface area contributed by atoms with Crippen LogP contribution in [0.25, 0.3) is 0 Å². The molecule has 5 rings (SSSR count). The second-order valence-corrected chi connectivity index (χ2v) is 18.6. The predicted octanol–water partition coefficient (Wildman–Crippen LogP) is 5.68. The van der Waals surface area contributed by atoms with Gasteiger partial charge in [-0.05, 0) is 72.4 Å². The number of hydrogen-bond donors (Lipinski definition) is 4. The van der Waals surface area contributed by atoms with Crippen LogP contribution in [0.4, 0.5) is 0 Å². The van der Waals surface area contributed by atoms with Gasteiger partial charge in [0, 0.05) is 54.6 Å². The molecule has 0 spiro atoms. The number of likely N-dealkylation sites (tertiary alicyclic amines) is 1. The van der Waals surface area contributed by atoms with Crippen molar-refractivity contribution in [2.24, 2.45) is 16.2 Å². The first-order valence-corrected chi connectivity index (χ1v) is 21.2. The van der Waals surface area contributed by atoms with E-state index < -0.39 is 52.2 Å². The van der Waals surface area contributed by atoms with Gasteiger partial charge in [0.05, 0.1) is 34.9 Å². The lowest BCUT2D eigenvalue weighted by Gasteiger charge is -2.63. The van der Waals surface area contributed by atoms with Gasteiger partial charge >= 0.3 is 0 Å². The second kappa shape index (κ2) is 20.0. The maximum atomic E-state index is 13.8. The lowest BCUT2D eigenvalue weighted by atomic mass is 9.49. The molecule has 1 aliphatic carbocycles. The van der Waals surface area contributed by atoms with Crippen molar-refractivity contribution in [3.05, 3.63) is 94.0 Å². The van der Waals surface area contributed by atoms with Crippen LogP contribution in [0.2, 0.25) is 5.02 Å². The van der Waals surface area contributed by atoms with Gasteiger partial charge in [0.25, 0.3) is 5.91 Å². The monoisotopic (exact) mass is 868 g/mol. The number of nitrogens with one attached hydrogen (secondary N) is 3. The summed E-state index contributed by atoms with van der Waals surface area (Å²) in [5, 5.41) is 37.8. The van der Waals surface area contributed by atoms with Crippen LogP contribution in [-0.4, -0.2) is 90.3 Å². The second-order valence-electron chi connectivity index (χ2n) is 18.2. The van der Waals surface area contributed by atoms with E-state index in [1.54, 1.807) is 66.7 Å². The fourth-order valence-electron chi connectivity index (χ4n) is 8.50. The van der Waals surface area contributed by atoms with Crippen molar-refractivity contribution >= 4 is 35.2 Å². The summed E-state index contributed by atoms with van der Waals surface area (Å²) in [6, 6.07) is 20.7. The number of aliphatic hydroxyl groups is 1. The number of β-amino-alcohol motifs (C(OH)–C–C–N with tert-alkyl or cyclic N) is 1. The Morgan fingerprint density at radius 3 is 2.18 bits per heavy atom. The number of hydrogen-bond acceptors (Lipinski definition) is 10. The Labute approximate surface area is 368 Å². The molecular weight excluding hydrogens is 812 g/mol. The topological polar surface area (TPSA) is 203 Å². The van der Waals surface area contributed by atoms with Crippen LogP contribution in [0.5, 0.6) is 11.5 Å². The highest BCUT2D eigenvalue weighted by Gasteiger charge is 2.64. The third kappa shape index (κ3) is 11.4. The minimum Gasteiger partial charge on any atom is -0.494 e. The third-order valence-electron chi connectivity index (χ3n) is 11.6. The molecule has 3 atom stereocenters. The lowest BCUT2D eigenvalue weighted by molar-refractivity contribution is -0.164. The van der Waals surface area contributed by atoms with Gasteiger partial charge in [0.15, 0.2) is 0 Å². The molecule has 3 aromatic carbocycles. The van der Waals surface area contributed by atoms with Crippen LogP contribution in [0, 0.1) is 38.9 Å². The maximum absolute atomic E-state index is 13.8. The van der Waals surface area contributed by atoms with Crippen molar-refractivity contribution < 1.29 is 38.5 Å². The number of nitriles is 2. The first-order valence-electron chi connectivity index (χ1n) is 20.8. The average Bonchev–Trinajstić information content (AvgIpc) is 3.63. The molecule has 15 heteroatoms. The van der Waals surface area contributed by atoms with Crippen LogP contribution >= 0.6 is 11.6 Å².